The lowest BCUT2D eigenvalue weighted by molar-refractivity contribution is -0.154. The molecule has 226 valence electrons. The predicted octanol–water partition coefficient (Wildman–Crippen LogP) is 6.84. The lowest BCUT2D eigenvalue weighted by Crippen LogP contribution is -2.48. The quantitative estimate of drug-likeness (QED) is 0.202. The van der Waals surface area contributed by atoms with Gasteiger partial charge in [-0.25, -0.2) is 19.3 Å². The standard InChI is InChI=1S/C34H43NO7/c1-31(2,3)40-27(36)22-25(28(37)41-32(4,5)6)34(21-15-18-23-16-11-10-12-17-23)24-19-13-14-20-26(24)35(29(34)38)30(39)42-33(7,8)9/h10-14,16-17,19-20,22H,15,18,21H2,1-9H3/b25-22+/t34-/m1/s1. The van der Waals surface area contributed by atoms with E-state index in [1.807, 2.05) is 30.3 Å². The van der Waals surface area contributed by atoms with Crippen LogP contribution in [0.5, 0.6) is 0 Å². The van der Waals surface area contributed by atoms with Crippen LogP contribution in [0.4, 0.5) is 10.5 Å². The van der Waals surface area contributed by atoms with Crippen molar-refractivity contribution in [3.05, 3.63) is 77.4 Å². The molecule has 0 spiro atoms. The number of rotatable bonds is 7. The van der Waals surface area contributed by atoms with Crippen molar-refractivity contribution in [1.29, 1.82) is 0 Å². The summed E-state index contributed by atoms with van der Waals surface area (Å²) in [5, 5.41) is 0. The molecule has 0 saturated heterocycles. The number of aryl methyl sites for hydroxylation is 1. The Morgan fingerprint density at radius 2 is 1.31 bits per heavy atom. The Hall–Kier alpha value is -3.94. The topological polar surface area (TPSA) is 99.2 Å². The van der Waals surface area contributed by atoms with Crippen LogP contribution in [0.3, 0.4) is 0 Å². The zero-order valence-corrected chi connectivity index (χ0v) is 26.2. The van der Waals surface area contributed by atoms with Gasteiger partial charge in [0.05, 0.1) is 11.3 Å². The lowest BCUT2D eigenvalue weighted by atomic mass is 9.70. The second-order valence-corrected chi connectivity index (χ2v) is 13.5. The number of amides is 2. The maximum atomic E-state index is 14.7. The number of nitrogens with zero attached hydrogens (tertiary/aromatic N) is 1. The molecule has 1 atom stereocenters. The number of ether oxygens (including phenoxy) is 3. The highest BCUT2D eigenvalue weighted by atomic mass is 16.6. The number of benzene rings is 2. The van der Waals surface area contributed by atoms with E-state index in [0.29, 0.717) is 18.4 Å². The molecule has 2 aromatic rings. The van der Waals surface area contributed by atoms with E-state index >= 15 is 0 Å². The molecule has 0 aromatic heterocycles. The summed E-state index contributed by atoms with van der Waals surface area (Å²) in [5.41, 5.74) is -2.83. The fraction of sp³-hybridized carbons (Fsp3) is 0.471. The molecule has 0 bridgehead atoms. The number of anilines is 1. The molecule has 2 aromatic carbocycles. The molecule has 0 aliphatic carbocycles. The van der Waals surface area contributed by atoms with Crippen molar-refractivity contribution in [2.24, 2.45) is 0 Å². The molecule has 1 aliphatic heterocycles. The van der Waals surface area contributed by atoms with Gasteiger partial charge in [0.2, 0.25) is 0 Å². The van der Waals surface area contributed by atoms with Gasteiger partial charge in [-0.3, -0.25) is 4.79 Å². The van der Waals surface area contributed by atoms with Gasteiger partial charge in [-0.2, -0.15) is 0 Å². The Labute approximate surface area is 249 Å². The minimum Gasteiger partial charge on any atom is -0.457 e. The summed E-state index contributed by atoms with van der Waals surface area (Å²) in [6.45, 7) is 15.4. The summed E-state index contributed by atoms with van der Waals surface area (Å²) in [6.07, 6.45) is 1.35. The Morgan fingerprint density at radius 3 is 1.88 bits per heavy atom. The van der Waals surface area contributed by atoms with Crippen LogP contribution in [0.25, 0.3) is 0 Å². The Morgan fingerprint density at radius 1 is 0.762 bits per heavy atom. The normalized spacial score (nSPS) is 17.5. The SMILES string of the molecule is CC(C)(C)OC(=O)/C=C(\C(=O)OC(C)(C)C)[C@]1(CCCc2ccccc2)C(=O)N(C(=O)OC(C)(C)C)c2ccccc21. The van der Waals surface area contributed by atoms with Crippen LogP contribution in [-0.2, 0) is 40.4 Å². The first-order valence-electron chi connectivity index (χ1n) is 14.2. The number of para-hydroxylation sites is 1. The number of carbonyl (C=O) groups is 4. The first-order chi connectivity index (χ1) is 19.3. The van der Waals surface area contributed by atoms with Gasteiger partial charge >= 0.3 is 18.0 Å². The largest absolute Gasteiger partial charge is 0.457 e. The van der Waals surface area contributed by atoms with E-state index < -0.39 is 46.2 Å². The van der Waals surface area contributed by atoms with Gasteiger partial charge in [0.25, 0.3) is 5.91 Å². The van der Waals surface area contributed by atoms with Crippen LogP contribution in [0, 0.1) is 0 Å². The smallest absolute Gasteiger partial charge is 0.421 e. The van der Waals surface area contributed by atoms with Gasteiger partial charge < -0.3 is 14.2 Å². The second kappa shape index (κ2) is 12.1. The minimum absolute atomic E-state index is 0.116. The van der Waals surface area contributed by atoms with Gasteiger partial charge in [0.15, 0.2) is 0 Å². The summed E-state index contributed by atoms with van der Waals surface area (Å²) in [7, 11) is 0. The highest BCUT2D eigenvalue weighted by molar-refractivity contribution is 6.25. The second-order valence-electron chi connectivity index (χ2n) is 13.5. The van der Waals surface area contributed by atoms with E-state index in [9.17, 15) is 19.2 Å². The highest BCUT2D eigenvalue weighted by Gasteiger charge is 2.58. The van der Waals surface area contributed by atoms with Crippen molar-refractivity contribution in [2.45, 2.75) is 104 Å². The predicted molar refractivity (Wildman–Crippen MR) is 161 cm³/mol. The van der Waals surface area contributed by atoms with Gasteiger partial charge in [-0.1, -0.05) is 48.5 Å². The van der Waals surface area contributed by atoms with Crippen LogP contribution in [-0.4, -0.2) is 40.7 Å². The van der Waals surface area contributed by atoms with Gasteiger partial charge in [-0.15, -0.1) is 0 Å². The average molecular weight is 578 g/mol. The van der Waals surface area contributed by atoms with Crippen molar-refractivity contribution in [2.75, 3.05) is 4.90 Å². The third kappa shape index (κ3) is 7.87. The Kier molecular flexibility index (Phi) is 9.40. The third-order valence-electron chi connectivity index (χ3n) is 6.36. The van der Waals surface area contributed by atoms with Crippen molar-refractivity contribution in [3.63, 3.8) is 0 Å². The number of hydrogen-bond donors (Lipinski definition) is 0. The molecule has 0 radical (unpaired) electrons. The lowest BCUT2D eigenvalue weighted by Gasteiger charge is -2.32. The molecule has 1 heterocycles. The first-order valence-corrected chi connectivity index (χ1v) is 14.2. The van der Waals surface area contributed by atoms with Crippen LogP contribution >= 0.6 is 0 Å². The molecule has 0 N–H and O–H groups in total. The number of carbonyl (C=O) groups excluding carboxylic acids is 4. The minimum atomic E-state index is -1.72. The Balaban J connectivity index is 2.26. The maximum Gasteiger partial charge on any atom is 0.421 e. The molecule has 0 fully saturated rings. The summed E-state index contributed by atoms with van der Waals surface area (Å²) in [4.78, 5) is 56.3. The molecular weight excluding hydrogens is 534 g/mol. The zero-order chi connectivity index (χ0) is 31.5. The van der Waals surface area contributed by atoms with Crippen molar-refractivity contribution >= 4 is 29.6 Å². The molecule has 8 nitrogen and oxygen atoms in total. The molecule has 42 heavy (non-hydrogen) atoms. The molecule has 8 heteroatoms. The van der Waals surface area contributed by atoms with E-state index in [1.165, 1.54) is 0 Å². The van der Waals surface area contributed by atoms with Crippen LogP contribution in [0.2, 0.25) is 0 Å². The maximum absolute atomic E-state index is 14.7. The van der Waals surface area contributed by atoms with Gasteiger partial charge in [-0.05, 0) is 98.8 Å². The zero-order valence-electron chi connectivity index (χ0n) is 26.2. The molecular formula is C34H43NO7. The third-order valence-corrected chi connectivity index (χ3v) is 6.36. The van der Waals surface area contributed by atoms with E-state index in [0.717, 1.165) is 16.5 Å². The molecule has 0 unspecified atom stereocenters. The van der Waals surface area contributed by atoms with E-state index in [1.54, 1.807) is 86.6 Å². The van der Waals surface area contributed by atoms with Crippen LogP contribution in [0.15, 0.2) is 66.2 Å². The molecule has 0 saturated carbocycles. The van der Waals surface area contributed by atoms with E-state index in [2.05, 4.69) is 0 Å². The number of imide groups is 1. The van der Waals surface area contributed by atoms with Gasteiger partial charge in [0, 0.05) is 6.08 Å². The van der Waals surface area contributed by atoms with Crippen molar-refractivity contribution in [1.82, 2.24) is 0 Å². The summed E-state index contributed by atoms with van der Waals surface area (Å²) < 4.78 is 16.9. The molecule has 3 rings (SSSR count). The van der Waals surface area contributed by atoms with Crippen molar-refractivity contribution in [3.8, 4) is 0 Å². The Bertz CT molecular complexity index is 1360. The average Bonchev–Trinajstić information content (AvgIpc) is 3.08. The molecule has 1 aliphatic rings. The number of hydrogen-bond acceptors (Lipinski definition) is 7. The highest BCUT2D eigenvalue weighted by Crippen LogP contribution is 2.50. The first kappa shape index (κ1) is 32.6. The number of esters is 2. The summed E-state index contributed by atoms with van der Waals surface area (Å²) >= 11 is 0. The molecule has 2 amide bonds. The van der Waals surface area contributed by atoms with E-state index in [4.69, 9.17) is 14.2 Å². The monoisotopic (exact) mass is 577 g/mol. The van der Waals surface area contributed by atoms with E-state index in [-0.39, 0.29) is 17.7 Å². The fourth-order valence-corrected chi connectivity index (χ4v) is 4.91. The van der Waals surface area contributed by atoms with Gasteiger partial charge in [0.1, 0.15) is 22.2 Å². The summed E-state index contributed by atoms with van der Waals surface area (Å²) in [6, 6.07) is 16.5. The van der Waals surface area contributed by atoms with Crippen LogP contribution in [0.1, 0.15) is 86.3 Å². The van der Waals surface area contributed by atoms with Crippen molar-refractivity contribution < 1.29 is 33.4 Å². The van der Waals surface area contributed by atoms with Crippen LogP contribution < -0.4 is 4.90 Å². The fourth-order valence-electron chi connectivity index (χ4n) is 4.91. The summed E-state index contributed by atoms with van der Waals surface area (Å²) in [5.74, 6) is -2.33. The number of fused-ring (bicyclic) bond motifs is 1.